The van der Waals surface area contributed by atoms with E-state index in [-0.39, 0.29) is 16.7 Å². The Morgan fingerprint density at radius 3 is 2.50 bits per heavy atom. The third-order valence-corrected chi connectivity index (χ3v) is 5.12. The van der Waals surface area contributed by atoms with Crippen molar-refractivity contribution >= 4 is 11.3 Å². The molecule has 5 nitrogen and oxygen atoms in total. The number of pyridine rings is 1. The van der Waals surface area contributed by atoms with Crippen molar-refractivity contribution in [2.24, 2.45) is 0 Å². The molecular weight excluding hydrogens is 348 g/mol. The second-order valence-electron chi connectivity index (χ2n) is 6.26. The topological polar surface area (TPSA) is 75.2 Å². The molecule has 0 spiro atoms. The van der Waals surface area contributed by atoms with Gasteiger partial charge in [-0.15, -0.1) is 0 Å². The van der Waals surface area contributed by atoms with Gasteiger partial charge in [-0.25, -0.2) is 0 Å². The Kier molecular flexibility index (Phi) is 5.73. The molecule has 0 amide bonds. The highest BCUT2D eigenvalue weighted by Crippen LogP contribution is 2.22. The van der Waals surface area contributed by atoms with Gasteiger partial charge >= 0.3 is 4.87 Å². The van der Waals surface area contributed by atoms with Crippen molar-refractivity contribution in [2.75, 3.05) is 6.61 Å². The first-order chi connectivity index (χ1) is 12.5. The Labute approximate surface area is 156 Å². The Balaban J connectivity index is 1.56. The van der Waals surface area contributed by atoms with E-state index in [1.165, 1.54) is 5.56 Å². The number of hydrogen-bond acceptors (Lipinski definition) is 5. The van der Waals surface area contributed by atoms with Gasteiger partial charge in [-0.3, -0.25) is 14.8 Å². The number of nitrogens with zero attached hydrogens (tertiary/aromatic N) is 1. The van der Waals surface area contributed by atoms with Crippen LogP contribution >= 0.6 is 11.3 Å². The van der Waals surface area contributed by atoms with Gasteiger partial charge in [-0.2, -0.15) is 0 Å². The second kappa shape index (κ2) is 8.19. The SMILES string of the molecule is CCc1ccc(C(C)COc2ccc(Cc3sc(=O)[nH]c3O)cc2)nc1. The van der Waals surface area contributed by atoms with Crippen molar-refractivity contribution in [3.8, 4) is 11.6 Å². The number of H-pyrrole nitrogens is 1. The fourth-order valence-electron chi connectivity index (χ4n) is 2.60. The predicted octanol–water partition coefficient (Wildman–Crippen LogP) is 3.87. The number of benzene rings is 1. The lowest BCUT2D eigenvalue weighted by atomic mass is 10.1. The standard InChI is InChI=1S/C20H22N2O3S/c1-3-14-6-9-17(21-11-14)13(2)12-25-16-7-4-15(5-8-16)10-18-19(23)22-20(24)26-18/h4-9,11,13,23H,3,10,12H2,1-2H3,(H,22,24). The van der Waals surface area contributed by atoms with Crippen LogP contribution in [0, 0.1) is 0 Å². The van der Waals surface area contributed by atoms with Crippen LogP contribution in [0.4, 0.5) is 0 Å². The molecule has 0 aliphatic carbocycles. The van der Waals surface area contributed by atoms with Crippen molar-refractivity contribution in [3.63, 3.8) is 0 Å². The van der Waals surface area contributed by atoms with Crippen molar-refractivity contribution in [2.45, 2.75) is 32.6 Å². The molecule has 2 aromatic heterocycles. The number of thiazole rings is 1. The quantitative estimate of drug-likeness (QED) is 0.662. The fourth-order valence-corrected chi connectivity index (χ4v) is 3.36. The summed E-state index contributed by atoms with van der Waals surface area (Å²) in [5, 5.41) is 9.66. The van der Waals surface area contributed by atoms with Crippen LogP contribution < -0.4 is 9.61 Å². The Hall–Kier alpha value is -2.60. The highest BCUT2D eigenvalue weighted by Gasteiger charge is 2.10. The van der Waals surface area contributed by atoms with E-state index in [0.717, 1.165) is 34.8 Å². The summed E-state index contributed by atoms with van der Waals surface area (Å²) in [6.07, 6.45) is 3.42. The van der Waals surface area contributed by atoms with Gasteiger partial charge in [0.25, 0.3) is 0 Å². The molecule has 26 heavy (non-hydrogen) atoms. The molecule has 3 aromatic rings. The molecule has 0 aliphatic heterocycles. The van der Waals surface area contributed by atoms with E-state index in [4.69, 9.17) is 4.74 Å². The van der Waals surface area contributed by atoms with Crippen molar-refractivity contribution in [1.29, 1.82) is 0 Å². The van der Waals surface area contributed by atoms with Crippen molar-refractivity contribution < 1.29 is 9.84 Å². The molecule has 0 bridgehead atoms. The molecule has 0 saturated carbocycles. The molecule has 3 rings (SSSR count). The maximum atomic E-state index is 11.2. The van der Waals surface area contributed by atoms with Gasteiger partial charge < -0.3 is 9.84 Å². The smallest absolute Gasteiger partial charge is 0.307 e. The van der Waals surface area contributed by atoms with E-state index in [1.807, 2.05) is 30.5 Å². The Bertz CT molecular complexity index is 898. The minimum absolute atomic E-state index is 0.0456. The maximum Gasteiger partial charge on any atom is 0.307 e. The van der Waals surface area contributed by atoms with E-state index < -0.39 is 0 Å². The van der Waals surface area contributed by atoms with Crippen LogP contribution in [0.25, 0.3) is 0 Å². The average molecular weight is 370 g/mol. The number of hydrogen-bond donors (Lipinski definition) is 2. The van der Waals surface area contributed by atoms with Crippen LogP contribution in [0.5, 0.6) is 11.6 Å². The molecule has 2 heterocycles. The van der Waals surface area contributed by atoms with Crippen LogP contribution in [0.2, 0.25) is 0 Å². The first kappa shape index (κ1) is 18.2. The third-order valence-electron chi connectivity index (χ3n) is 4.25. The molecule has 2 N–H and O–H groups in total. The van der Waals surface area contributed by atoms with Crippen LogP contribution in [-0.2, 0) is 12.8 Å². The molecular formula is C20H22N2O3S. The molecule has 136 valence electrons. The van der Waals surface area contributed by atoms with Gasteiger partial charge in [-0.05, 0) is 35.7 Å². The summed E-state index contributed by atoms with van der Waals surface area (Å²) < 4.78 is 5.87. The van der Waals surface area contributed by atoms with Gasteiger partial charge in [-0.1, -0.05) is 43.4 Å². The molecule has 6 heteroatoms. The Morgan fingerprint density at radius 1 is 1.19 bits per heavy atom. The summed E-state index contributed by atoms with van der Waals surface area (Å²) in [5.74, 6) is 0.947. The average Bonchev–Trinajstić information content (AvgIpc) is 2.98. The lowest BCUT2D eigenvalue weighted by Crippen LogP contribution is -2.08. The summed E-state index contributed by atoms with van der Waals surface area (Å²) in [6, 6.07) is 11.9. The number of aromatic nitrogens is 2. The minimum atomic E-state index is -0.244. The first-order valence-corrected chi connectivity index (χ1v) is 9.44. The zero-order valence-electron chi connectivity index (χ0n) is 14.9. The molecule has 1 unspecified atom stereocenters. The lowest BCUT2D eigenvalue weighted by Gasteiger charge is -2.13. The number of rotatable bonds is 7. The highest BCUT2D eigenvalue weighted by atomic mass is 32.1. The summed E-state index contributed by atoms with van der Waals surface area (Å²) in [5.41, 5.74) is 3.26. The number of aromatic hydroxyl groups is 1. The molecule has 0 aliphatic rings. The predicted molar refractivity (Wildman–Crippen MR) is 103 cm³/mol. The number of nitrogens with one attached hydrogen (secondary N) is 1. The normalized spacial score (nSPS) is 12.1. The maximum absolute atomic E-state index is 11.2. The molecule has 0 fully saturated rings. The number of aromatic amines is 1. The summed E-state index contributed by atoms with van der Waals surface area (Å²) in [4.78, 5) is 18.5. The highest BCUT2D eigenvalue weighted by molar-refractivity contribution is 7.09. The second-order valence-corrected chi connectivity index (χ2v) is 7.33. The van der Waals surface area contributed by atoms with Crippen LogP contribution in [0.3, 0.4) is 0 Å². The number of aryl methyl sites for hydroxylation is 1. The van der Waals surface area contributed by atoms with E-state index in [1.54, 1.807) is 0 Å². The van der Waals surface area contributed by atoms with Gasteiger partial charge in [0.15, 0.2) is 0 Å². The number of ether oxygens (including phenoxy) is 1. The van der Waals surface area contributed by atoms with Gasteiger partial charge in [0.05, 0.1) is 11.5 Å². The molecule has 1 aromatic carbocycles. The Morgan fingerprint density at radius 2 is 1.92 bits per heavy atom. The molecule has 0 radical (unpaired) electrons. The van der Waals surface area contributed by atoms with Crippen LogP contribution in [0.1, 0.15) is 41.5 Å². The van der Waals surface area contributed by atoms with Gasteiger partial charge in [0.2, 0.25) is 5.88 Å². The van der Waals surface area contributed by atoms with E-state index >= 15 is 0 Å². The zero-order chi connectivity index (χ0) is 18.5. The van der Waals surface area contributed by atoms with Crippen molar-refractivity contribution in [1.82, 2.24) is 9.97 Å². The van der Waals surface area contributed by atoms with Crippen LogP contribution in [0.15, 0.2) is 47.4 Å². The zero-order valence-corrected chi connectivity index (χ0v) is 15.7. The van der Waals surface area contributed by atoms with Crippen molar-refractivity contribution in [3.05, 3.63) is 74.0 Å². The first-order valence-electron chi connectivity index (χ1n) is 8.62. The summed E-state index contributed by atoms with van der Waals surface area (Å²) >= 11 is 1.03. The molecule has 1 atom stereocenters. The van der Waals surface area contributed by atoms with E-state index in [2.05, 4.69) is 35.9 Å². The summed E-state index contributed by atoms with van der Waals surface area (Å²) in [7, 11) is 0. The largest absolute Gasteiger partial charge is 0.494 e. The minimum Gasteiger partial charge on any atom is -0.494 e. The fraction of sp³-hybridized carbons (Fsp3) is 0.300. The van der Waals surface area contributed by atoms with Gasteiger partial charge in [0.1, 0.15) is 5.75 Å². The monoisotopic (exact) mass is 370 g/mol. The van der Waals surface area contributed by atoms with Gasteiger partial charge in [0, 0.05) is 24.2 Å². The van der Waals surface area contributed by atoms with E-state index in [9.17, 15) is 9.90 Å². The summed E-state index contributed by atoms with van der Waals surface area (Å²) in [6.45, 7) is 4.77. The van der Waals surface area contributed by atoms with E-state index in [0.29, 0.717) is 17.9 Å². The molecule has 0 saturated heterocycles. The van der Waals surface area contributed by atoms with Crippen LogP contribution in [-0.4, -0.2) is 21.7 Å². The lowest BCUT2D eigenvalue weighted by molar-refractivity contribution is 0.293. The third kappa shape index (κ3) is 4.52.